The molecule has 130 valence electrons. The molecule has 0 N–H and O–H groups in total. The van der Waals surface area contributed by atoms with E-state index in [0.717, 1.165) is 5.56 Å². The lowest BCUT2D eigenvalue weighted by molar-refractivity contribution is -0.137. The lowest BCUT2D eigenvalue weighted by Gasteiger charge is -2.15. The van der Waals surface area contributed by atoms with Gasteiger partial charge < -0.3 is 4.74 Å². The van der Waals surface area contributed by atoms with E-state index in [4.69, 9.17) is 27.9 Å². The Hall–Kier alpha value is -1.83. The number of rotatable bonds is 4. The molecule has 9 heteroatoms. The van der Waals surface area contributed by atoms with Crippen LogP contribution in [0.5, 0.6) is 0 Å². The summed E-state index contributed by atoms with van der Waals surface area (Å²) in [4.78, 5) is 12.5. The van der Waals surface area contributed by atoms with E-state index in [2.05, 4.69) is 15.3 Å². The van der Waals surface area contributed by atoms with Crippen molar-refractivity contribution in [2.24, 2.45) is 5.10 Å². The summed E-state index contributed by atoms with van der Waals surface area (Å²) in [7, 11) is 0. The Morgan fingerprint density at radius 3 is 2.88 bits per heavy atom. The van der Waals surface area contributed by atoms with Crippen LogP contribution in [0, 0.1) is 6.92 Å². The molecule has 6 nitrogen and oxygen atoms in total. The number of aryl methyl sites for hydroxylation is 1. The maximum atomic E-state index is 12.5. The van der Waals surface area contributed by atoms with Crippen LogP contribution in [-0.2, 0) is 9.53 Å². The molecule has 0 spiro atoms. The highest BCUT2D eigenvalue weighted by atomic mass is 35.5. The fourth-order valence-corrected chi connectivity index (χ4v) is 3.37. The van der Waals surface area contributed by atoms with Crippen LogP contribution >= 0.6 is 35.0 Å². The number of carbonyl (C=O) groups excluding carboxylic acids is 1. The molecule has 0 radical (unpaired) electrons. The summed E-state index contributed by atoms with van der Waals surface area (Å²) in [5.74, 6) is 0.698. The molecular formula is C16H14Cl2N4O2S. The highest BCUT2D eigenvalue weighted by molar-refractivity contribution is 7.99. The zero-order valence-electron chi connectivity index (χ0n) is 13.5. The molecule has 2 heterocycles. The molecule has 0 saturated carbocycles. The molecule has 2 aromatic rings. The average molecular weight is 397 g/mol. The van der Waals surface area contributed by atoms with Crippen LogP contribution in [0.1, 0.15) is 18.3 Å². The molecule has 1 aromatic carbocycles. The van der Waals surface area contributed by atoms with Gasteiger partial charge >= 0.3 is 5.97 Å². The fraction of sp³-hybridized carbons (Fsp3) is 0.250. The first-order chi connectivity index (χ1) is 12.0. The van der Waals surface area contributed by atoms with Crippen molar-refractivity contribution in [3.8, 4) is 0 Å². The normalized spacial score (nSPS) is 14.1. The van der Waals surface area contributed by atoms with Crippen LogP contribution < -0.4 is 0 Å². The van der Waals surface area contributed by atoms with Crippen LogP contribution in [0.15, 0.2) is 34.0 Å². The second kappa shape index (κ2) is 7.59. The number of ether oxygens (including phenoxy) is 1. The molecule has 3 rings (SSSR count). The molecule has 0 amide bonds. The maximum absolute atomic E-state index is 12.5. The summed E-state index contributed by atoms with van der Waals surface area (Å²) >= 11 is 13.5. The van der Waals surface area contributed by atoms with E-state index in [1.165, 1.54) is 11.8 Å². The summed E-state index contributed by atoms with van der Waals surface area (Å²) in [5, 5.41) is 14.1. The van der Waals surface area contributed by atoms with Gasteiger partial charge in [-0.15, -0.1) is 10.2 Å². The number of esters is 1. The van der Waals surface area contributed by atoms with Crippen molar-refractivity contribution < 1.29 is 9.53 Å². The summed E-state index contributed by atoms with van der Waals surface area (Å²) in [6.07, 6.45) is 1.70. The quantitative estimate of drug-likeness (QED) is 0.579. The van der Waals surface area contributed by atoms with E-state index in [1.807, 2.05) is 0 Å². The predicted molar refractivity (Wildman–Crippen MR) is 99.4 cm³/mol. The monoisotopic (exact) mass is 396 g/mol. The number of halogens is 2. The summed E-state index contributed by atoms with van der Waals surface area (Å²) in [6, 6.07) is 5.15. The molecular weight excluding hydrogens is 383 g/mol. The van der Waals surface area contributed by atoms with Gasteiger partial charge in [-0.05, 0) is 37.6 Å². The third-order valence-electron chi connectivity index (χ3n) is 3.39. The van der Waals surface area contributed by atoms with Crippen LogP contribution in [-0.4, -0.2) is 38.9 Å². The van der Waals surface area contributed by atoms with E-state index in [1.54, 1.807) is 42.8 Å². The lowest BCUT2D eigenvalue weighted by atomic mass is 10.1. The largest absolute Gasteiger partial charge is 0.462 e. The number of hydrogen-bond acceptors (Lipinski definition) is 6. The molecule has 0 bridgehead atoms. The second-order valence-corrected chi connectivity index (χ2v) is 6.89. The van der Waals surface area contributed by atoms with Gasteiger partial charge in [-0.1, -0.05) is 41.0 Å². The van der Waals surface area contributed by atoms with Crippen molar-refractivity contribution in [1.82, 2.24) is 14.9 Å². The van der Waals surface area contributed by atoms with Crippen LogP contribution in [0.3, 0.4) is 0 Å². The van der Waals surface area contributed by atoms with Crippen molar-refractivity contribution in [2.45, 2.75) is 19.0 Å². The summed E-state index contributed by atoms with van der Waals surface area (Å²) in [6.45, 7) is 3.83. The number of benzene rings is 1. The molecule has 0 atom stereocenters. The number of fused-ring (bicyclic) bond motifs is 1. The van der Waals surface area contributed by atoms with Crippen molar-refractivity contribution in [3.05, 3.63) is 45.2 Å². The predicted octanol–water partition coefficient (Wildman–Crippen LogP) is 3.85. The second-order valence-electron chi connectivity index (χ2n) is 5.13. The summed E-state index contributed by atoms with van der Waals surface area (Å²) in [5.41, 5.74) is 1.69. The number of aromatic nitrogens is 3. The number of thioether (sulfide) groups is 1. The van der Waals surface area contributed by atoms with Gasteiger partial charge in [-0.3, -0.25) is 0 Å². The zero-order valence-corrected chi connectivity index (χ0v) is 15.8. The topological polar surface area (TPSA) is 69.4 Å². The number of hydrogen-bond donors (Lipinski definition) is 0. The Morgan fingerprint density at radius 2 is 2.16 bits per heavy atom. The number of carbonyl (C=O) groups is 1. The Kier molecular flexibility index (Phi) is 5.46. The fourth-order valence-electron chi connectivity index (χ4n) is 2.20. The smallest absolute Gasteiger partial charge is 0.340 e. The van der Waals surface area contributed by atoms with Crippen molar-refractivity contribution in [1.29, 1.82) is 0 Å². The lowest BCUT2D eigenvalue weighted by Crippen LogP contribution is -2.21. The third-order valence-corrected chi connectivity index (χ3v) is 5.06. The first-order valence-corrected chi connectivity index (χ1v) is 9.20. The van der Waals surface area contributed by atoms with Gasteiger partial charge in [-0.2, -0.15) is 9.78 Å². The minimum Gasteiger partial charge on any atom is -0.462 e. The van der Waals surface area contributed by atoms with E-state index in [9.17, 15) is 4.79 Å². The summed E-state index contributed by atoms with van der Waals surface area (Å²) < 4.78 is 6.80. The maximum Gasteiger partial charge on any atom is 0.340 e. The Labute approximate surface area is 158 Å². The van der Waals surface area contributed by atoms with E-state index >= 15 is 0 Å². The molecule has 0 aliphatic carbocycles. The molecule has 1 aliphatic rings. The molecule has 25 heavy (non-hydrogen) atoms. The highest BCUT2D eigenvalue weighted by Crippen LogP contribution is 2.27. The van der Waals surface area contributed by atoms with Crippen molar-refractivity contribution in [2.75, 3.05) is 12.4 Å². The third kappa shape index (κ3) is 3.89. The number of nitrogens with zero attached hydrogens (tertiary/aromatic N) is 4. The van der Waals surface area contributed by atoms with Gasteiger partial charge in [0.2, 0.25) is 5.16 Å². The van der Waals surface area contributed by atoms with Gasteiger partial charge in [0.15, 0.2) is 5.82 Å². The van der Waals surface area contributed by atoms with E-state index < -0.39 is 5.97 Å². The Morgan fingerprint density at radius 1 is 1.36 bits per heavy atom. The van der Waals surface area contributed by atoms with Gasteiger partial charge in [0.05, 0.1) is 27.9 Å². The van der Waals surface area contributed by atoms with Gasteiger partial charge in [0, 0.05) is 5.75 Å². The van der Waals surface area contributed by atoms with Gasteiger partial charge in [0.25, 0.3) is 0 Å². The van der Waals surface area contributed by atoms with E-state index in [0.29, 0.717) is 38.1 Å². The van der Waals surface area contributed by atoms with Crippen LogP contribution in [0.25, 0.3) is 6.08 Å². The molecule has 0 unspecified atom stereocenters. The Balaban J connectivity index is 2.05. The van der Waals surface area contributed by atoms with Crippen LogP contribution in [0.2, 0.25) is 10.0 Å². The van der Waals surface area contributed by atoms with Crippen molar-refractivity contribution in [3.63, 3.8) is 0 Å². The van der Waals surface area contributed by atoms with Crippen molar-refractivity contribution >= 4 is 52.7 Å². The minimum atomic E-state index is -0.443. The highest BCUT2D eigenvalue weighted by Gasteiger charge is 2.24. The zero-order chi connectivity index (χ0) is 18.0. The molecule has 1 aliphatic heterocycles. The van der Waals surface area contributed by atoms with E-state index in [-0.39, 0.29) is 6.61 Å². The standard InChI is InChI=1S/C16H14Cl2N4O2S/c1-3-24-15(23)11(6-10-4-5-12(17)13(18)7-10)14-8-25-16-20-19-9(2)22(16)21-14/h4-7H,3,8H2,1-2H3/b11-6-. The first-order valence-electron chi connectivity index (χ1n) is 7.46. The van der Waals surface area contributed by atoms with Crippen LogP contribution in [0.4, 0.5) is 0 Å². The van der Waals surface area contributed by atoms with Gasteiger partial charge in [-0.25, -0.2) is 4.79 Å². The average Bonchev–Trinajstić information content (AvgIpc) is 2.96. The molecule has 0 saturated heterocycles. The molecule has 0 fully saturated rings. The SMILES string of the molecule is CCOC(=O)/C(=C\c1ccc(Cl)c(Cl)c1)C1=Nn2c(C)nnc2SC1. The molecule has 1 aromatic heterocycles. The Bertz CT molecular complexity index is 892. The van der Waals surface area contributed by atoms with Gasteiger partial charge in [0.1, 0.15) is 0 Å². The first kappa shape index (κ1) is 18.0. The minimum absolute atomic E-state index is 0.273.